The van der Waals surface area contributed by atoms with Crippen molar-refractivity contribution in [2.75, 3.05) is 11.6 Å². The molecule has 1 amide bonds. The van der Waals surface area contributed by atoms with Gasteiger partial charge in [0.2, 0.25) is 5.55 Å². The van der Waals surface area contributed by atoms with Crippen LogP contribution in [0.3, 0.4) is 0 Å². The third-order valence-electron chi connectivity index (χ3n) is 4.43. The molecule has 0 atom stereocenters. The lowest BCUT2D eigenvalue weighted by Gasteiger charge is -2.07. The summed E-state index contributed by atoms with van der Waals surface area (Å²) in [7, 11) is 0. The molecule has 2 aromatic carbocycles. The molecule has 0 saturated carbocycles. The van der Waals surface area contributed by atoms with Crippen molar-refractivity contribution in [2.45, 2.75) is 11.8 Å². The van der Waals surface area contributed by atoms with Gasteiger partial charge in [0.25, 0.3) is 5.91 Å². The van der Waals surface area contributed by atoms with Crippen LogP contribution in [-0.2, 0) is 0 Å². The molecule has 0 bridgehead atoms. The number of hydrogen-bond acceptors (Lipinski definition) is 6. The number of carbonyl (C=O) groups is 1. The number of carbonyl (C=O) groups excluding carboxylic acids is 1. The van der Waals surface area contributed by atoms with Crippen LogP contribution in [0.25, 0.3) is 11.0 Å². The minimum absolute atomic E-state index is 0.0718. The number of amides is 1. The number of aromatic hydroxyl groups is 1. The summed E-state index contributed by atoms with van der Waals surface area (Å²) in [4.78, 5) is 22.9. The van der Waals surface area contributed by atoms with Crippen molar-refractivity contribution in [3.63, 3.8) is 0 Å². The number of thioether (sulfide) groups is 1. The van der Waals surface area contributed by atoms with Gasteiger partial charge in [-0.2, -0.15) is 0 Å². The maximum Gasteiger partial charge on any atom is 0.262 e. The van der Waals surface area contributed by atoms with Crippen molar-refractivity contribution in [3.05, 3.63) is 83.5 Å². The summed E-state index contributed by atoms with van der Waals surface area (Å²) in [5, 5.41) is 13.2. The van der Waals surface area contributed by atoms with E-state index in [0.717, 1.165) is 10.5 Å². The number of aromatic nitrogens is 1. The quantitative estimate of drug-likeness (QED) is 0.454. The molecule has 0 fully saturated rings. The van der Waals surface area contributed by atoms with Crippen LogP contribution in [0.1, 0.15) is 15.9 Å². The largest absolute Gasteiger partial charge is 0.508 e. The van der Waals surface area contributed by atoms with Crippen molar-refractivity contribution >= 4 is 40.1 Å². The van der Waals surface area contributed by atoms with Gasteiger partial charge in [-0.05, 0) is 67.3 Å². The number of nitrogens with zero attached hydrogens (tertiary/aromatic N) is 2. The topological polar surface area (TPSA) is 87.7 Å². The van der Waals surface area contributed by atoms with Gasteiger partial charge >= 0.3 is 0 Å². The van der Waals surface area contributed by atoms with E-state index >= 15 is 0 Å². The molecule has 0 aliphatic heterocycles. The van der Waals surface area contributed by atoms with Gasteiger partial charge in [-0.3, -0.25) is 4.79 Å². The first-order valence-electron chi connectivity index (χ1n) is 9.21. The first-order chi connectivity index (χ1) is 14.5. The minimum atomic E-state index is -0.385. The maximum atomic E-state index is 13.0. The van der Waals surface area contributed by atoms with E-state index in [1.54, 1.807) is 42.2 Å². The van der Waals surface area contributed by atoms with E-state index in [-0.39, 0.29) is 22.8 Å². The van der Waals surface area contributed by atoms with Crippen LogP contribution in [0.2, 0.25) is 0 Å². The zero-order valence-electron chi connectivity index (χ0n) is 16.4. The molecule has 6 nitrogen and oxygen atoms in total. The molecule has 150 valence electrons. The van der Waals surface area contributed by atoms with E-state index in [0.29, 0.717) is 22.5 Å². The molecule has 4 rings (SSSR count). The zero-order chi connectivity index (χ0) is 21.1. The second kappa shape index (κ2) is 8.42. The number of aryl methyl sites for hydroxylation is 1. The molecule has 0 radical (unpaired) electrons. The zero-order valence-corrected chi connectivity index (χ0v) is 17.2. The predicted octanol–water partition coefficient (Wildman–Crippen LogP) is 5.05. The average molecular weight is 417 g/mol. The van der Waals surface area contributed by atoms with E-state index in [4.69, 9.17) is 4.42 Å². The Morgan fingerprint density at radius 3 is 2.60 bits per heavy atom. The van der Waals surface area contributed by atoms with E-state index in [1.807, 2.05) is 43.5 Å². The number of benzene rings is 2. The lowest BCUT2D eigenvalue weighted by molar-refractivity contribution is 0.102. The lowest BCUT2D eigenvalue weighted by atomic mass is 10.1. The third-order valence-corrected chi connectivity index (χ3v) is 5.18. The smallest absolute Gasteiger partial charge is 0.262 e. The summed E-state index contributed by atoms with van der Waals surface area (Å²) in [6, 6.07) is 17.6. The molecule has 0 aliphatic rings. The van der Waals surface area contributed by atoms with Crippen LogP contribution < -0.4 is 10.9 Å². The summed E-state index contributed by atoms with van der Waals surface area (Å²) < 4.78 is 5.90. The first kappa shape index (κ1) is 19.7. The van der Waals surface area contributed by atoms with Crippen LogP contribution in [0, 0.1) is 6.92 Å². The highest BCUT2D eigenvalue weighted by atomic mass is 32.2. The molecule has 0 saturated heterocycles. The van der Waals surface area contributed by atoms with Crippen LogP contribution in [0.5, 0.6) is 5.75 Å². The maximum absolute atomic E-state index is 13.0. The van der Waals surface area contributed by atoms with Gasteiger partial charge in [-0.15, -0.1) is 11.8 Å². The fourth-order valence-electron chi connectivity index (χ4n) is 2.85. The average Bonchev–Trinajstić information content (AvgIpc) is 2.75. The Balaban J connectivity index is 1.82. The molecule has 2 aromatic heterocycles. The van der Waals surface area contributed by atoms with Crippen molar-refractivity contribution in [3.8, 4) is 5.75 Å². The summed E-state index contributed by atoms with van der Waals surface area (Å²) in [6.07, 6.45) is 3.68. The Bertz CT molecular complexity index is 1280. The first-order valence-corrected chi connectivity index (χ1v) is 10.4. The number of rotatable bonds is 4. The molecule has 0 unspecified atom stereocenters. The predicted molar refractivity (Wildman–Crippen MR) is 118 cm³/mol. The van der Waals surface area contributed by atoms with E-state index in [9.17, 15) is 9.90 Å². The van der Waals surface area contributed by atoms with E-state index in [2.05, 4.69) is 15.3 Å². The van der Waals surface area contributed by atoms with Gasteiger partial charge in [0.1, 0.15) is 22.7 Å². The standard InChI is InChI=1S/C23H19N3O3S/c1-14-3-10-21(24-13-14)26-22(28)19-11-15-4-7-17(27)12-20(15)29-23(19)25-16-5-8-18(30-2)9-6-16/h3-13,27H,1-2H3,(H,24,26,28). The van der Waals surface area contributed by atoms with Crippen molar-refractivity contribution in [1.29, 1.82) is 0 Å². The van der Waals surface area contributed by atoms with Crippen LogP contribution >= 0.6 is 11.8 Å². The number of phenolic OH excluding ortho intramolecular Hbond substituents is 1. The van der Waals surface area contributed by atoms with Gasteiger partial charge < -0.3 is 14.8 Å². The molecule has 0 aliphatic carbocycles. The Hall–Kier alpha value is -3.58. The minimum Gasteiger partial charge on any atom is -0.508 e. The lowest BCUT2D eigenvalue weighted by Crippen LogP contribution is -2.22. The van der Waals surface area contributed by atoms with Gasteiger partial charge in [0.15, 0.2) is 0 Å². The Labute approximate surface area is 177 Å². The highest BCUT2D eigenvalue weighted by Crippen LogP contribution is 2.22. The van der Waals surface area contributed by atoms with E-state index < -0.39 is 0 Å². The normalized spacial score (nSPS) is 11.6. The molecule has 4 aromatic rings. The second-order valence-corrected chi connectivity index (χ2v) is 7.55. The van der Waals surface area contributed by atoms with Crippen LogP contribution in [0.4, 0.5) is 11.5 Å². The fourth-order valence-corrected chi connectivity index (χ4v) is 3.26. The SMILES string of the molecule is CSc1ccc(N=c2oc3cc(O)ccc3cc2C(=O)Nc2ccc(C)cn2)cc1. The number of pyridine rings is 1. The molecular weight excluding hydrogens is 398 g/mol. The van der Waals surface area contributed by atoms with E-state index in [1.165, 1.54) is 6.07 Å². The second-order valence-electron chi connectivity index (χ2n) is 6.67. The summed E-state index contributed by atoms with van der Waals surface area (Å²) in [5.41, 5.74) is 2.50. The molecule has 2 heterocycles. The summed E-state index contributed by atoms with van der Waals surface area (Å²) in [6.45, 7) is 1.93. The third kappa shape index (κ3) is 4.36. The summed E-state index contributed by atoms with van der Waals surface area (Å²) >= 11 is 1.63. The monoisotopic (exact) mass is 417 g/mol. The molecular formula is C23H19N3O3S. The Kier molecular flexibility index (Phi) is 5.54. The number of phenols is 1. The molecule has 2 N–H and O–H groups in total. The Morgan fingerprint density at radius 2 is 1.90 bits per heavy atom. The fraction of sp³-hybridized carbons (Fsp3) is 0.0870. The number of nitrogens with one attached hydrogen (secondary N) is 1. The van der Waals surface area contributed by atoms with Gasteiger partial charge in [-0.1, -0.05) is 6.07 Å². The summed E-state index contributed by atoms with van der Waals surface area (Å²) in [5.74, 6) is 0.124. The van der Waals surface area contributed by atoms with Crippen molar-refractivity contribution in [1.82, 2.24) is 4.98 Å². The molecule has 7 heteroatoms. The highest BCUT2D eigenvalue weighted by Gasteiger charge is 2.14. The van der Waals surface area contributed by atoms with Crippen LogP contribution in [-0.4, -0.2) is 22.3 Å². The Morgan fingerprint density at radius 1 is 1.10 bits per heavy atom. The van der Waals surface area contributed by atoms with Gasteiger partial charge in [0, 0.05) is 22.5 Å². The number of anilines is 1. The molecule has 30 heavy (non-hydrogen) atoms. The number of hydrogen-bond donors (Lipinski definition) is 2. The van der Waals surface area contributed by atoms with Gasteiger partial charge in [-0.25, -0.2) is 9.98 Å². The van der Waals surface area contributed by atoms with Crippen LogP contribution in [0.15, 0.2) is 81.2 Å². The van der Waals surface area contributed by atoms with Crippen molar-refractivity contribution < 1.29 is 14.3 Å². The number of fused-ring (bicyclic) bond motifs is 1. The van der Waals surface area contributed by atoms with Gasteiger partial charge in [0.05, 0.1) is 5.69 Å². The molecule has 0 spiro atoms. The highest BCUT2D eigenvalue weighted by molar-refractivity contribution is 7.98. The van der Waals surface area contributed by atoms with Crippen molar-refractivity contribution in [2.24, 2.45) is 4.99 Å².